The van der Waals surface area contributed by atoms with Crippen LogP contribution in [0.15, 0.2) is 6.07 Å². The Morgan fingerprint density at radius 2 is 2.22 bits per heavy atom. The van der Waals surface area contributed by atoms with Crippen LogP contribution >= 0.6 is 0 Å². The highest BCUT2D eigenvalue weighted by Gasteiger charge is 2.00. The fraction of sp³-hybridized carbons (Fsp3) is 0.571. The van der Waals surface area contributed by atoms with Crippen molar-refractivity contribution in [2.24, 2.45) is 0 Å². The molecule has 2 heteroatoms. The first kappa shape index (κ1) is 6.33. The highest BCUT2D eigenvalue weighted by molar-refractivity contribution is 5.02. The van der Waals surface area contributed by atoms with Gasteiger partial charge in [0.25, 0.3) is 0 Å². The normalized spacial score (nSPS) is 10.0. The highest BCUT2D eigenvalue weighted by atomic mass is 15.1. The molecule has 1 heterocycles. The third kappa shape index (κ3) is 1.31. The van der Waals surface area contributed by atoms with Crippen molar-refractivity contribution in [2.75, 3.05) is 0 Å². The van der Waals surface area contributed by atoms with E-state index in [1.807, 2.05) is 0 Å². The molecule has 1 aromatic heterocycles. The van der Waals surface area contributed by atoms with Gasteiger partial charge in [-0.05, 0) is 6.42 Å². The van der Waals surface area contributed by atoms with E-state index in [0.29, 0.717) is 0 Å². The van der Waals surface area contributed by atoms with Gasteiger partial charge in [0.15, 0.2) is 0 Å². The molecule has 0 amide bonds. The number of hydrogen-bond donors (Lipinski definition) is 1. The maximum atomic E-state index is 3.08. The van der Waals surface area contributed by atoms with Crippen LogP contribution in [0.3, 0.4) is 0 Å². The lowest BCUT2D eigenvalue weighted by Crippen LogP contribution is -2.07. The van der Waals surface area contributed by atoms with Crippen LogP contribution in [0, 0.1) is 0 Å². The van der Waals surface area contributed by atoms with Crippen LogP contribution in [0.5, 0.6) is 0 Å². The second-order valence-corrected chi connectivity index (χ2v) is 2.15. The maximum Gasteiger partial charge on any atom is 0.205 e. The van der Waals surface area contributed by atoms with Crippen molar-refractivity contribution < 1.29 is 5.10 Å². The van der Waals surface area contributed by atoms with E-state index in [1.165, 1.54) is 11.4 Å². The summed E-state index contributed by atoms with van der Waals surface area (Å²) >= 11 is 0. The van der Waals surface area contributed by atoms with Gasteiger partial charge in [0.05, 0.1) is 5.69 Å². The molecule has 0 aliphatic heterocycles. The molecular formula is C7H13N2+. The van der Waals surface area contributed by atoms with E-state index in [2.05, 4.69) is 30.1 Å². The number of aryl methyl sites for hydroxylation is 2. The van der Waals surface area contributed by atoms with E-state index in [9.17, 15) is 0 Å². The quantitative estimate of drug-likeness (QED) is 0.610. The van der Waals surface area contributed by atoms with E-state index in [4.69, 9.17) is 0 Å². The molecule has 0 aliphatic carbocycles. The van der Waals surface area contributed by atoms with Crippen molar-refractivity contribution >= 4 is 0 Å². The summed E-state index contributed by atoms with van der Waals surface area (Å²) in [6.07, 6.45) is 2.16. The average Bonchev–Trinajstić information content (AvgIpc) is 2.34. The average molecular weight is 125 g/mol. The largest absolute Gasteiger partial charge is 0.205 e. The number of nitrogens with one attached hydrogen (secondary N) is 2. The molecular weight excluding hydrogens is 112 g/mol. The minimum absolute atomic E-state index is 1.08. The summed E-state index contributed by atoms with van der Waals surface area (Å²) in [4.78, 5) is 0. The Balaban J connectivity index is 2.74. The summed E-state index contributed by atoms with van der Waals surface area (Å²) in [5.41, 5.74) is 2.57. The number of aromatic amines is 2. The van der Waals surface area contributed by atoms with Crippen LogP contribution in [0.25, 0.3) is 0 Å². The zero-order chi connectivity index (χ0) is 6.69. The van der Waals surface area contributed by atoms with E-state index >= 15 is 0 Å². The van der Waals surface area contributed by atoms with Gasteiger partial charge >= 0.3 is 0 Å². The lowest BCUT2D eigenvalue weighted by Gasteiger charge is -1.76. The predicted octanol–water partition coefficient (Wildman–Crippen LogP) is 0.954. The zero-order valence-corrected chi connectivity index (χ0v) is 5.99. The van der Waals surface area contributed by atoms with Crippen LogP contribution in [-0.4, -0.2) is 5.10 Å². The molecule has 0 radical (unpaired) electrons. The van der Waals surface area contributed by atoms with Gasteiger partial charge in [0.1, 0.15) is 0 Å². The molecule has 0 fully saturated rings. The van der Waals surface area contributed by atoms with Crippen LogP contribution in [0.1, 0.15) is 25.2 Å². The molecule has 0 aromatic carbocycles. The molecule has 50 valence electrons. The Kier molecular flexibility index (Phi) is 1.88. The van der Waals surface area contributed by atoms with E-state index in [0.717, 1.165) is 12.8 Å². The van der Waals surface area contributed by atoms with Gasteiger partial charge in [-0.25, -0.2) is 0 Å². The molecule has 1 aromatic rings. The summed E-state index contributed by atoms with van der Waals surface area (Å²) in [7, 11) is 0. The van der Waals surface area contributed by atoms with Gasteiger partial charge in [0.2, 0.25) is 5.69 Å². The molecule has 0 unspecified atom stereocenters. The summed E-state index contributed by atoms with van der Waals surface area (Å²) < 4.78 is 0. The van der Waals surface area contributed by atoms with Crippen LogP contribution in [-0.2, 0) is 12.8 Å². The van der Waals surface area contributed by atoms with Crippen molar-refractivity contribution in [3.63, 3.8) is 0 Å². The number of aromatic nitrogens is 2. The topological polar surface area (TPSA) is 29.9 Å². The molecule has 0 bridgehead atoms. The molecule has 0 saturated carbocycles. The fourth-order valence-electron chi connectivity index (χ4n) is 0.824. The second-order valence-electron chi connectivity index (χ2n) is 2.15. The number of rotatable bonds is 2. The van der Waals surface area contributed by atoms with Crippen molar-refractivity contribution in [3.8, 4) is 0 Å². The minimum atomic E-state index is 1.08. The summed E-state index contributed by atoms with van der Waals surface area (Å²) in [6, 6.07) is 2.17. The molecule has 0 aliphatic rings. The van der Waals surface area contributed by atoms with Crippen molar-refractivity contribution in [1.29, 1.82) is 0 Å². The smallest absolute Gasteiger partial charge is 0.172 e. The first-order chi connectivity index (χ1) is 4.36. The van der Waals surface area contributed by atoms with E-state index < -0.39 is 0 Å². The van der Waals surface area contributed by atoms with Crippen LogP contribution in [0.2, 0.25) is 0 Å². The molecule has 0 atom stereocenters. The molecule has 0 saturated heterocycles. The lowest BCUT2D eigenvalue weighted by atomic mass is 10.3. The van der Waals surface area contributed by atoms with Gasteiger partial charge in [-0.2, -0.15) is 5.10 Å². The molecule has 0 spiro atoms. The minimum Gasteiger partial charge on any atom is -0.172 e. The Morgan fingerprint density at radius 3 is 2.56 bits per heavy atom. The highest BCUT2D eigenvalue weighted by Crippen LogP contribution is 1.95. The van der Waals surface area contributed by atoms with Gasteiger partial charge in [-0.3, -0.25) is 0 Å². The predicted molar refractivity (Wildman–Crippen MR) is 36.1 cm³/mol. The molecule has 2 nitrogen and oxygen atoms in total. The first-order valence-electron chi connectivity index (χ1n) is 3.45. The van der Waals surface area contributed by atoms with Gasteiger partial charge in [0, 0.05) is 12.5 Å². The molecule has 1 rings (SSSR count). The van der Waals surface area contributed by atoms with Crippen LogP contribution in [0.4, 0.5) is 0 Å². The van der Waals surface area contributed by atoms with Crippen molar-refractivity contribution in [3.05, 3.63) is 17.5 Å². The third-order valence-electron chi connectivity index (χ3n) is 1.49. The Bertz CT molecular complexity index is 160. The number of H-pyrrole nitrogens is 2. The summed E-state index contributed by atoms with van der Waals surface area (Å²) in [6.45, 7) is 4.28. The Morgan fingerprint density at radius 1 is 1.44 bits per heavy atom. The SMILES string of the molecule is CCc1cc(CC)[nH+][nH]1. The Hall–Kier alpha value is -0.790. The standard InChI is InChI=1S/C7H12N2/c1-3-6-5-7(4-2)9-8-6/h5H,3-4H2,1-2H3,(H,8,9)/p+1. The number of hydrogen-bond acceptors (Lipinski definition) is 0. The Labute approximate surface area is 55.3 Å². The molecule has 9 heavy (non-hydrogen) atoms. The van der Waals surface area contributed by atoms with Gasteiger partial charge < -0.3 is 0 Å². The first-order valence-corrected chi connectivity index (χ1v) is 3.45. The monoisotopic (exact) mass is 125 g/mol. The van der Waals surface area contributed by atoms with E-state index in [-0.39, 0.29) is 0 Å². The zero-order valence-electron chi connectivity index (χ0n) is 5.99. The van der Waals surface area contributed by atoms with Crippen molar-refractivity contribution in [1.82, 2.24) is 5.10 Å². The fourth-order valence-corrected chi connectivity index (χ4v) is 0.824. The second kappa shape index (κ2) is 2.67. The van der Waals surface area contributed by atoms with Gasteiger partial charge in [-0.1, -0.05) is 13.8 Å². The third-order valence-corrected chi connectivity index (χ3v) is 1.49. The lowest BCUT2D eigenvalue weighted by molar-refractivity contribution is -0.459. The maximum absolute atomic E-state index is 3.08. The summed E-state index contributed by atoms with van der Waals surface area (Å²) in [5.74, 6) is 0. The van der Waals surface area contributed by atoms with E-state index in [1.54, 1.807) is 0 Å². The molecule has 2 N–H and O–H groups in total. The van der Waals surface area contributed by atoms with Crippen LogP contribution < -0.4 is 5.10 Å². The summed E-state index contributed by atoms with van der Waals surface area (Å²) in [5, 5.41) is 6.16. The van der Waals surface area contributed by atoms with Crippen molar-refractivity contribution in [2.45, 2.75) is 26.7 Å². The van der Waals surface area contributed by atoms with Gasteiger partial charge in [-0.15, -0.1) is 5.10 Å².